The first-order valence-corrected chi connectivity index (χ1v) is 33.7. The fraction of sp³-hybridized carbons (Fsp3) is 0.926. The second kappa shape index (κ2) is 63.7. The highest BCUT2D eigenvalue weighted by Crippen LogP contribution is 2.19. The minimum Gasteiger partial charge on any atom is -0.462 e. The molecule has 0 aliphatic rings. The molecule has 0 fully saturated rings. The van der Waals surface area contributed by atoms with Crippen LogP contribution in [-0.2, 0) is 28.6 Å². The molecule has 0 radical (unpaired) electrons. The van der Waals surface area contributed by atoms with Crippen LogP contribution in [0.3, 0.4) is 0 Å². The molecule has 0 aromatic rings. The molecule has 74 heavy (non-hydrogen) atoms. The van der Waals surface area contributed by atoms with Crippen molar-refractivity contribution in [3.8, 4) is 0 Å². The van der Waals surface area contributed by atoms with Gasteiger partial charge in [0.2, 0.25) is 0 Å². The largest absolute Gasteiger partial charge is 0.462 e. The standard InChI is InChI=1S/C68H130O6/c1-4-7-10-13-16-19-22-25-27-28-29-30-31-32-33-34-35-36-37-38-39-40-42-43-46-49-52-55-58-61-67(70)73-64-65(63-72-66(69)60-57-54-51-48-45-24-21-18-15-12-9-6-3)74-68(71)62-59-56-53-50-47-44-41-26-23-20-17-14-11-8-5-2/h26,41,65H,4-25,27-40,42-64H2,1-3H3/b41-26-. The Morgan fingerprint density at radius 2 is 0.446 bits per heavy atom. The fourth-order valence-electron chi connectivity index (χ4n) is 10.4. The van der Waals surface area contributed by atoms with Crippen LogP contribution < -0.4 is 0 Å². The number of ether oxygens (including phenoxy) is 3. The summed E-state index contributed by atoms with van der Waals surface area (Å²) in [6.45, 7) is 6.70. The zero-order chi connectivity index (χ0) is 53.6. The monoisotopic (exact) mass is 1040 g/mol. The third-order valence-corrected chi connectivity index (χ3v) is 15.5. The molecule has 0 aromatic heterocycles. The van der Waals surface area contributed by atoms with Gasteiger partial charge in [-0.3, -0.25) is 14.4 Å². The zero-order valence-electron chi connectivity index (χ0n) is 50.4. The third kappa shape index (κ3) is 61.0. The molecule has 0 aromatic carbocycles. The van der Waals surface area contributed by atoms with Crippen molar-refractivity contribution in [1.29, 1.82) is 0 Å². The number of hydrogen-bond acceptors (Lipinski definition) is 6. The number of hydrogen-bond donors (Lipinski definition) is 0. The topological polar surface area (TPSA) is 78.9 Å². The van der Waals surface area contributed by atoms with Crippen LogP contribution in [0.4, 0.5) is 0 Å². The van der Waals surface area contributed by atoms with Crippen molar-refractivity contribution >= 4 is 17.9 Å². The van der Waals surface area contributed by atoms with E-state index in [1.54, 1.807) is 0 Å². The Morgan fingerprint density at radius 1 is 0.257 bits per heavy atom. The molecule has 0 aliphatic carbocycles. The van der Waals surface area contributed by atoms with Gasteiger partial charge in [0.1, 0.15) is 13.2 Å². The van der Waals surface area contributed by atoms with Crippen LogP contribution in [0.2, 0.25) is 0 Å². The van der Waals surface area contributed by atoms with Crippen LogP contribution in [0, 0.1) is 0 Å². The lowest BCUT2D eigenvalue weighted by atomic mass is 10.0. The quantitative estimate of drug-likeness (QED) is 0.0261. The molecule has 1 atom stereocenters. The van der Waals surface area contributed by atoms with Crippen LogP contribution in [0.15, 0.2) is 12.2 Å². The smallest absolute Gasteiger partial charge is 0.306 e. The van der Waals surface area contributed by atoms with Gasteiger partial charge < -0.3 is 14.2 Å². The number of carbonyl (C=O) groups is 3. The summed E-state index contributed by atoms with van der Waals surface area (Å²) in [4.78, 5) is 38.2. The first-order valence-electron chi connectivity index (χ1n) is 33.7. The lowest BCUT2D eigenvalue weighted by molar-refractivity contribution is -0.167. The lowest BCUT2D eigenvalue weighted by Crippen LogP contribution is -2.30. The van der Waals surface area contributed by atoms with Gasteiger partial charge in [0.25, 0.3) is 0 Å². The maximum Gasteiger partial charge on any atom is 0.306 e. The fourth-order valence-corrected chi connectivity index (χ4v) is 10.4. The third-order valence-electron chi connectivity index (χ3n) is 15.5. The van der Waals surface area contributed by atoms with E-state index < -0.39 is 6.10 Å². The number of allylic oxidation sites excluding steroid dienone is 2. The predicted octanol–water partition coefficient (Wildman–Crippen LogP) is 22.8. The van der Waals surface area contributed by atoms with E-state index in [0.717, 1.165) is 64.2 Å². The van der Waals surface area contributed by atoms with E-state index in [1.807, 2.05) is 0 Å². The number of carbonyl (C=O) groups excluding carboxylic acids is 3. The summed E-state index contributed by atoms with van der Waals surface area (Å²) in [5, 5.41) is 0. The van der Waals surface area contributed by atoms with Crippen molar-refractivity contribution in [3.05, 3.63) is 12.2 Å². The van der Waals surface area contributed by atoms with Gasteiger partial charge in [0.15, 0.2) is 6.10 Å². The van der Waals surface area contributed by atoms with Crippen LogP contribution >= 0.6 is 0 Å². The van der Waals surface area contributed by atoms with E-state index in [9.17, 15) is 14.4 Å². The normalized spacial score (nSPS) is 12.0. The Bertz CT molecular complexity index is 1150. The van der Waals surface area contributed by atoms with Gasteiger partial charge in [-0.2, -0.15) is 0 Å². The molecular formula is C68H130O6. The zero-order valence-corrected chi connectivity index (χ0v) is 50.4. The molecular weight excluding hydrogens is 913 g/mol. The molecule has 0 rings (SSSR count). The SMILES string of the molecule is CCCCCCCC/C=C\CCCCCCCC(=O)OC(COC(=O)CCCCCCCCCCCCCC)COC(=O)CCCCCCCCCCCCCCCCCCCCCCCCCCCCCCC. The molecule has 0 amide bonds. The van der Waals surface area contributed by atoms with Crippen LogP contribution in [0.25, 0.3) is 0 Å². The van der Waals surface area contributed by atoms with Gasteiger partial charge in [-0.25, -0.2) is 0 Å². The molecule has 0 saturated carbocycles. The summed E-state index contributed by atoms with van der Waals surface area (Å²) in [6.07, 6.45) is 75.3. The van der Waals surface area contributed by atoms with Crippen LogP contribution in [-0.4, -0.2) is 37.2 Å². The summed E-state index contributed by atoms with van der Waals surface area (Å²) in [7, 11) is 0. The Labute approximate surface area is 462 Å². The van der Waals surface area contributed by atoms with Crippen molar-refractivity contribution in [3.63, 3.8) is 0 Å². The first-order chi connectivity index (χ1) is 36.5. The molecule has 0 aliphatic heterocycles. The maximum atomic E-state index is 12.9. The van der Waals surface area contributed by atoms with E-state index in [1.165, 1.54) is 283 Å². The average molecular weight is 1040 g/mol. The molecule has 6 nitrogen and oxygen atoms in total. The van der Waals surface area contributed by atoms with Gasteiger partial charge in [0.05, 0.1) is 0 Å². The van der Waals surface area contributed by atoms with Gasteiger partial charge in [0, 0.05) is 19.3 Å². The second-order valence-electron chi connectivity index (χ2n) is 23.1. The predicted molar refractivity (Wildman–Crippen MR) is 321 cm³/mol. The van der Waals surface area contributed by atoms with Gasteiger partial charge in [-0.05, 0) is 44.9 Å². The van der Waals surface area contributed by atoms with Crippen molar-refractivity contribution in [2.45, 2.75) is 393 Å². The molecule has 1 unspecified atom stereocenters. The Morgan fingerprint density at radius 3 is 0.676 bits per heavy atom. The molecule has 0 saturated heterocycles. The van der Waals surface area contributed by atoms with Crippen molar-refractivity contribution in [1.82, 2.24) is 0 Å². The van der Waals surface area contributed by atoms with Crippen molar-refractivity contribution in [2.75, 3.05) is 13.2 Å². The van der Waals surface area contributed by atoms with E-state index in [2.05, 4.69) is 32.9 Å². The van der Waals surface area contributed by atoms with E-state index >= 15 is 0 Å². The summed E-state index contributed by atoms with van der Waals surface area (Å²) < 4.78 is 16.9. The van der Waals surface area contributed by atoms with Gasteiger partial charge in [-0.1, -0.05) is 335 Å². The molecule has 0 spiro atoms. The van der Waals surface area contributed by atoms with Gasteiger partial charge in [-0.15, -0.1) is 0 Å². The minimum absolute atomic E-state index is 0.0671. The van der Waals surface area contributed by atoms with Crippen molar-refractivity contribution in [2.24, 2.45) is 0 Å². The lowest BCUT2D eigenvalue weighted by Gasteiger charge is -2.18. The first kappa shape index (κ1) is 72.2. The van der Waals surface area contributed by atoms with E-state index in [-0.39, 0.29) is 31.1 Å². The van der Waals surface area contributed by atoms with Crippen molar-refractivity contribution < 1.29 is 28.6 Å². The van der Waals surface area contributed by atoms with Crippen LogP contribution in [0.5, 0.6) is 0 Å². The summed E-state index contributed by atoms with van der Waals surface area (Å²) in [5.41, 5.74) is 0. The summed E-state index contributed by atoms with van der Waals surface area (Å²) in [5.74, 6) is -0.847. The molecule has 0 heterocycles. The average Bonchev–Trinajstić information content (AvgIpc) is 3.40. The van der Waals surface area contributed by atoms with Crippen LogP contribution in [0.1, 0.15) is 387 Å². The minimum atomic E-state index is -0.769. The summed E-state index contributed by atoms with van der Waals surface area (Å²) in [6, 6.07) is 0. The molecule has 438 valence electrons. The maximum absolute atomic E-state index is 12.9. The highest BCUT2D eigenvalue weighted by atomic mass is 16.6. The second-order valence-corrected chi connectivity index (χ2v) is 23.1. The number of rotatable bonds is 63. The molecule has 6 heteroatoms. The highest BCUT2D eigenvalue weighted by molar-refractivity contribution is 5.71. The molecule has 0 N–H and O–H groups in total. The number of unbranched alkanes of at least 4 members (excludes halogenated alkanes) is 50. The molecule has 0 bridgehead atoms. The Hall–Kier alpha value is -1.85. The van der Waals surface area contributed by atoms with E-state index in [4.69, 9.17) is 14.2 Å². The Kier molecular flexibility index (Phi) is 62.1. The van der Waals surface area contributed by atoms with E-state index in [0.29, 0.717) is 19.3 Å². The van der Waals surface area contributed by atoms with Gasteiger partial charge >= 0.3 is 17.9 Å². The summed E-state index contributed by atoms with van der Waals surface area (Å²) >= 11 is 0. The highest BCUT2D eigenvalue weighted by Gasteiger charge is 2.19. The number of esters is 3. The Balaban J connectivity index is 4.11.